The number of para-hydroxylation sites is 1. The smallest absolute Gasteiger partial charge is 0.253 e. The zero-order valence-corrected chi connectivity index (χ0v) is 11.2. The minimum atomic E-state index is -0.216. The molecule has 1 aromatic rings. The molecule has 18 heavy (non-hydrogen) atoms. The predicted octanol–water partition coefficient (Wildman–Crippen LogP) is 1.87. The molecular weight excluding hydrogens is 228 g/mol. The van der Waals surface area contributed by atoms with Crippen molar-refractivity contribution in [2.24, 2.45) is 5.92 Å². The maximum atomic E-state index is 12.2. The molecule has 4 nitrogen and oxygen atoms in total. The lowest BCUT2D eigenvalue weighted by molar-refractivity contribution is 0.0897. The fraction of sp³-hybridized carbons (Fsp3) is 0.500. The fourth-order valence-corrected chi connectivity index (χ4v) is 1.69. The van der Waals surface area contributed by atoms with Crippen molar-refractivity contribution in [1.82, 2.24) is 5.32 Å². The summed E-state index contributed by atoms with van der Waals surface area (Å²) in [5.41, 5.74) is 1.43. The van der Waals surface area contributed by atoms with Crippen molar-refractivity contribution in [3.05, 3.63) is 29.8 Å². The van der Waals surface area contributed by atoms with Crippen molar-refractivity contribution < 1.29 is 9.90 Å². The van der Waals surface area contributed by atoms with Gasteiger partial charge in [0.15, 0.2) is 0 Å². The molecule has 100 valence electrons. The number of benzene rings is 1. The van der Waals surface area contributed by atoms with E-state index in [9.17, 15) is 9.90 Å². The monoisotopic (exact) mass is 250 g/mol. The molecule has 1 atom stereocenters. The molecule has 0 saturated carbocycles. The summed E-state index contributed by atoms with van der Waals surface area (Å²) >= 11 is 0. The van der Waals surface area contributed by atoms with Crippen LogP contribution in [0.1, 0.15) is 31.1 Å². The molecule has 0 aromatic heterocycles. The van der Waals surface area contributed by atoms with Crippen LogP contribution in [-0.4, -0.2) is 30.2 Å². The van der Waals surface area contributed by atoms with E-state index in [2.05, 4.69) is 10.6 Å². The van der Waals surface area contributed by atoms with Gasteiger partial charge in [-0.3, -0.25) is 4.79 Å². The second-order valence-corrected chi connectivity index (χ2v) is 4.58. The van der Waals surface area contributed by atoms with Gasteiger partial charge in [0, 0.05) is 12.2 Å². The second-order valence-electron chi connectivity index (χ2n) is 4.58. The number of hydrogen-bond donors (Lipinski definition) is 3. The van der Waals surface area contributed by atoms with Crippen LogP contribution in [0.5, 0.6) is 0 Å². The van der Waals surface area contributed by atoms with E-state index in [1.165, 1.54) is 0 Å². The Hall–Kier alpha value is -1.55. The summed E-state index contributed by atoms with van der Waals surface area (Å²) in [5.74, 6) is 0.0459. The van der Waals surface area contributed by atoms with Gasteiger partial charge in [-0.05, 0) is 25.0 Å². The number of amides is 1. The number of aliphatic hydroxyl groups is 1. The first-order valence-electron chi connectivity index (χ1n) is 6.34. The first kappa shape index (κ1) is 14.5. The standard InChI is InChI=1S/C14H22N2O2/c1-4-15-12-8-6-5-7-11(12)14(18)16-13(9-17)10(2)3/h5-8,10,13,15,17H,4,9H2,1-3H3,(H,16,18)/t13-/m1/s1. The second kappa shape index (κ2) is 7.01. The number of carbonyl (C=O) groups is 1. The van der Waals surface area contributed by atoms with E-state index < -0.39 is 0 Å². The van der Waals surface area contributed by atoms with E-state index in [1.807, 2.05) is 39.0 Å². The highest BCUT2D eigenvalue weighted by Gasteiger charge is 2.17. The van der Waals surface area contributed by atoms with Crippen molar-refractivity contribution in [2.75, 3.05) is 18.5 Å². The van der Waals surface area contributed by atoms with E-state index in [-0.39, 0.29) is 24.5 Å². The van der Waals surface area contributed by atoms with Crippen molar-refractivity contribution >= 4 is 11.6 Å². The summed E-state index contributed by atoms with van der Waals surface area (Å²) in [6.07, 6.45) is 0. The number of aliphatic hydroxyl groups excluding tert-OH is 1. The summed E-state index contributed by atoms with van der Waals surface area (Å²) in [6.45, 7) is 6.64. The maximum Gasteiger partial charge on any atom is 0.253 e. The molecule has 0 fully saturated rings. The summed E-state index contributed by atoms with van der Waals surface area (Å²) in [6, 6.07) is 7.16. The van der Waals surface area contributed by atoms with Gasteiger partial charge in [0.05, 0.1) is 18.2 Å². The van der Waals surface area contributed by atoms with Crippen LogP contribution >= 0.6 is 0 Å². The van der Waals surface area contributed by atoms with Crippen LogP contribution in [0.4, 0.5) is 5.69 Å². The van der Waals surface area contributed by atoms with Gasteiger partial charge < -0.3 is 15.7 Å². The number of hydrogen-bond acceptors (Lipinski definition) is 3. The fourth-order valence-electron chi connectivity index (χ4n) is 1.69. The molecule has 0 saturated heterocycles. The lowest BCUT2D eigenvalue weighted by Gasteiger charge is -2.20. The molecule has 1 amide bonds. The van der Waals surface area contributed by atoms with Crippen LogP contribution < -0.4 is 10.6 Å². The Labute approximate surface area is 108 Å². The van der Waals surface area contributed by atoms with Crippen LogP contribution in [0.15, 0.2) is 24.3 Å². The third-order valence-electron chi connectivity index (χ3n) is 2.86. The number of carbonyl (C=O) groups excluding carboxylic acids is 1. The molecule has 1 rings (SSSR count). The van der Waals surface area contributed by atoms with Crippen LogP contribution in [0.25, 0.3) is 0 Å². The highest BCUT2D eigenvalue weighted by molar-refractivity contribution is 5.99. The molecule has 0 aliphatic rings. The van der Waals surface area contributed by atoms with Gasteiger partial charge in [-0.1, -0.05) is 26.0 Å². The third-order valence-corrected chi connectivity index (χ3v) is 2.86. The van der Waals surface area contributed by atoms with Gasteiger partial charge in [-0.25, -0.2) is 0 Å². The lowest BCUT2D eigenvalue weighted by Crippen LogP contribution is -2.41. The Bertz CT molecular complexity index is 391. The van der Waals surface area contributed by atoms with E-state index in [1.54, 1.807) is 6.07 Å². The molecule has 3 N–H and O–H groups in total. The van der Waals surface area contributed by atoms with E-state index >= 15 is 0 Å². The number of rotatable bonds is 6. The van der Waals surface area contributed by atoms with Gasteiger partial charge in [0.2, 0.25) is 0 Å². The summed E-state index contributed by atoms with van der Waals surface area (Å²) in [7, 11) is 0. The first-order valence-corrected chi connectivity index (χ1v) is 6.34. The lowest BCUT2D eigenvalue weighted by atomic mass is 10.0. The predicted molar refractivity (Wildman–Crippen MR) is 73.8 cm³/mol. The van der Waals surface area contributed by atoms with Crippen molar-refractivity contribution in [3.63, 3.8) is 0 Å². The Kier molecular flexibility index (Phi) is 5.65. The molecular formula is C14H22N2O2. The van der Waals surface area contributed by atoms with Crippen molar-refractivity contribution in [2.45, 2.75) is 26.8 Å². The van der Waals surface area contributed by atoms with Gasteiger partial charge in [0.25, 0.3) is 5.91 Å². The topological polar surface area (TPSA) is 61.4 Å². The highest BCUT2D eigenvalue weighted by atomic mass is 16.3. The van der Waals surface area contributed by atoms with Crippen molar-refractivity contribution in [1.29, 1.82) is 0 Å². The van der Waals surface area contributed by atoms with Gasteiger partial charge in [-0.15, -0.1) is 0 Å². The molecule has 4 heteroatoms. The zero-order chi connectivity index (χ0) is 13.5. The van der Waals surface area contributed by atoms with Crippen molar-refractivity contribution in [3.8, 4) is 0 Å². The number of anilines is 1. The minimum Gasteiger partial charge on any atom is -0.394 e. The summed E-state index contributed by atoms with van der Waals surface area (Å²) in [5, 5.41) is 15.2. The largest absolute Gasteiger partial charge is 0.394 e. The molecule has 0 aliphatic carbocycles. The highest BCUT2D eigenvalue weighted by Crippen LogP contribution is 2.15. The average Bonchev–Trinajstić information content (AvgIpc) is 2.36. The quantitative estimate of drug-likeness (QED) is 0.722. The Morgan fingerprint density at radius 1 is 1.33 bits per heavy atom. The molecule has 0 aliphatic heterocycles. The normalized spacial score (nSPS) is 12.3. The Morgan fingerprint density at radius 2 is 2.00 bits per heavy atom. The Balaban J connectivity index is 2.83. The molecule has 0 radical (unpaired) electrons. The Morgan fingerprint density at radius 3 is 2.56 bits per heavy atom. The third kappa shape index (κ3) is 3.74. The van der Waals surface area contributed by atoms with Crippen LogP contribution in [0.2, 0.25) is 0 Å². The van der Waals surface area contributed by atoms with E-state index in [0.29, 0.717) is 5.56 Å². The molecule has 1 aromatic carbocycles. The molecule has 0 bridgehead atoms. The average molecular weight is 250 g/mol. The van der Waals surface area contributed by atoms with Gasteiger partial charge in [-0.2, -0.15) is 0 Å². The van der Waals surface area contributed by atoms with Crippen LogP contribution in [-0.2, 0) is 0 Å². The zero-order valence-electron chi connectivity index (χ0n) is 11.2. The summed E-state index contributed by atoms with van der Waals surface area (Å²) < 4.78 is 0. The van der Waals surface area contributed by atoms with Crippen LogP contribution in [0, 0.1) is 5.92 Å². The van der Waals surface area contributed by atoms with Gasteiger partial charge in [0.1, 0.15) is 0 Å². The molecule has 0 heterocycles. The SMILES string of the molecule is CCNc1ccccc1C(=O)N[C@H](CO)C(C)C. The van der Waals surface area contributed by atoms with Crippen LogP contribution in [0.3, 0.4) is 0 Å². The maximum absolute atomic E-state index is 12.2. The minimum absolute atomic E-state index is 0.0488. The number of nitrogens with one attached hydrogen (secondary N) is 2. The van der Waals surface area contributed by atoms with E-state index in [4.69, 9.17) is 0 Å². The molecule has 0 spiro atoms. The van der Waals surface area contributed by atoms with E-state index in [0.717, 1.165) is 12.2 Å². The van der Waals surface area contributed by atoms with Gasteiger partial charge >= 0.3 is 0 Å². The first-order chi connectivity index (χ1) is 8.60. The summed E-state index contributed by atoms with van der Waals surface area (Å²) in [4.78, 5) is 12.2. The molecule has 0 unspecified atom stereocenters.